The molecule has 8 nitrogen and oxygen atoms in total. The maximum Gasteiger partial charge on any atom is 0.433 e. The lowest BCUT2D eigenvalue weighted by Gasteiger charge is -2.14. The molecule has 0 saturated heterocycles. The molecule has 9 heteroatoms. The molecule has 0 fully saturated rings. The van der Waals surface area contributed by atoms with Crippen molar-refractivity contribution in [1.82, 2.24) is 5.32 Å². The van der Waals surface area contributed by atoms with Crippen LogP contribution in [0.5, 0.6) is 0 Å². The molecule has 1 aromatic carbocycles. The summed E-state index contributed by atoms with van der Waals surface area (Å²) in [6, 6.07) is 5.66. The van der Waals surface area contributed by atoms with Gasteiger partial charge in [-0.05, 0) is 23.8 Å². The predicted molar refractivity (Wildman–Crippen MR) is 71.2 cm³/mol. The number of nitrogens with one attached hydrogen (secondary N) is 1. The molecule has 0 aliphatic carbocycles. The number of nitro groups is 1. The van der Waals surface area contributed by atoms with Gasteiger partial charge in [-0.2, -0.15) is 0 Å². The summed E-state index contributed by atoms with van der Waals surface area (Å²) >= 11 is 0. The molecule has 0 unspecified atom stereocenters. The normalized spacial score (nSPS) is 11.7. The molecule has 0 aliphatic heterocycles. The van der Waals surface area contributed by atoms with Crippen LogP contribution in [-0.4, -0.2) is 16.7 Å². The third-order valence-corrected chi connectivity index (χ3v) is 2.76. The quantitative estimate of drug-likeness (QED) is 0.635. The Morgan fingerprint density at radius 1 is 1.23 bits per heavy atom. The minimum absolute atomic E-state index is 0.267. The van der Waals surface area contributed by atoms with Gasteiger partial charge in [0, 0.05) is 0 Å². The highest BCUT2D eigenvalue weighted by molar-refractivity contribution is 5.95. The summed E-state index contributed by atoms with van der Waals surface area (Å²) in [5.74, 6) is -3.20. The van der Waals surface area contributed by atoms with Crippen LogP contribution in [0, 0.1) is 15.9 Å². The number of primary amides is 1. The molecule has 2 amide bonds. The summed E-state index contributed by atoms with van der Waals surface area (Å²) in [4.78, 5) is 33.1. The van der Waals surface area contributed by atoms with Gasteiger partial charge >= 0.3 is 5.88 Å². The number of amides is 2. The van der Waals surface area contributed by atoms with Crippen molar-refractivity contribution in [3.8, 4) is 0 Å². The first-order chi connectivity index (χ1) is 10.4. The number of nitrogens with zero attached hydrogens (tertiary/aromatic N) is 1. The second-order valence-electron chi connectivity index (χ2n) is 4.26. The van der Waals surface area contributed by atoms with Gasteiger partial charge in [-0.15, -0.1) is 0 Å². The van der Waals surface area contributed by atoms with Gasteiger partial charge in [-0.25, -0.2) is 4.39 Å². The maximum atomic E-state index is 12.9. The largest absolute Gasteiger partial charge is 0.433 e. The molecule has 0 radical (unpaired) electrons. The number of hydrogen-bond acceptors (Lipinski definition) is 5. The van der Waals surface area contributed by atoms with E-state index in [1.165, 1.54) is 12.1 Å². The number of rotatable bonds is 5. The third-order valence-electron chi connectivity index (χ3n) is 2.76. The van der Waals surface area contributed by atoms with Gasteiger partial charge < -0.3 is 15.5 Å². The summed E-state index contributed by atoms with van der Waals surface area (Å²) in [5.41, 5.74) is 5.47. The van der Waals surface area contributed by atoms with Gasteiger partial charge in [0.25, 0.3) is 5.91 Å². The molecular formula is C13H10FN3O5. The molecule has 0 spiro atoms. The van der Waals surface area contributed by atoms with Crippen LogP contribution in [0.4, 0.5) is 10.3 Å². The summed E-state index contributed by atoms with van der Waals surface area (Å²) in [6.45, 7) is 0. The first kappa shape index (κ1) is 15.2. The average molecular weight is 307 g/mol. The zero-order chi connectivity index (χ0) is 16.3. The van der Waals surface area contributed by atoms with E-state index < -0.39 is 34.5 Å². The number of halogens is 1. The van der Waals surface area contributed by atoms with E-state index in [1.54, 1.807) is 0 Å². The minimum atomic E-state index is -1.22. The molecule has 0 aliphatic rings. The highest BCUT2D eigenvalue weighted by atomic mass is 19.1. The number of benzene rings is 1. The molecule has 1 atom stereocenters. The van der Waals surface area contributed by atoms with Crippen LogP contribution in [0.3, 0.4) is 0 Å². The van der Waals surface area contributed by atoms with Gasteiger partial charge in [0.2, 0.25) is 5.91 Å². The van der Waals surface area contributed by atoms with Crippen LogP contribution < -0.4 is 11.1 Å². The lowest BCUT2D eigenvalue weighted by atomic mass is 10.1. The Labute approximate surface area is 122 Å². The Bertz CT molecular complexity index is 726. The second kappa shape index (κ2) is 6.04. The number of carbonyl (C=O) groups is 2. The Morgan fingerprint density at radius 3 is 2.36 bits per heavy atom. The molecule has 0 saturated carbocycles. The van der Waals surface area contributed by atoms with Crippen molar-refractivity contribution in [3.05, 3.63) is 63.7 Å². The molecule has 1 heterocycles. The van der Waals surface area contributed by atoms with Crippen LogP contribution in [0.15, 0.2) is 40.8 Å². The Balaban J connectivity index is 2.20. The number of nitrogens with two attached hydrogens (primary N) is 1. The molecule has 22 heavy (non-hydrogen) atoms. The van der Waals surface area contributed by atoms with E-state index in [4.69, 9.17) is 10.2 Å². The Hall–Kier alpha value is -3.23. The molecule has 2 aromatic rings. The van der Waals surface area contributed by atoms with Crippen molar-refractivity contribution in [2.75, 3.05) is 0 Å². The molecule has 114 valence electrons. The van der Waals surface area contributed by atoms with E-state index in [1.807, 2.05) is 0 Å². The van der Waals surface area contributed by atoms with Crippen LogP contribution >= 0.6 is 0 Å². The monoisotopic (exact) mass is 307 g/mol. The highest BCUT2D eigenvalue weighted by Gasteiger charge is 2.24. The Morgan fingerprint density at radius 2 is 1.86 bits per heavy atom. The number of furan rings is 1. The van der Waals surface area contributed by atoms with Gasteiger partial charge in [0.15, 0.2) is 5.76 Å². The minimum Gasteiger partial charge on any atom is -0.395 e. The summed E-state index contributed by atoms with van der Waals surface area (Å²) in [7, 11) is 0. The molecule has 0 bridgehead atoms. The van der Waals surface area contributed by atoms with Gasteiger partial charge in [-0.1, -0.05) is 12.1 Å². The summed E-state index contributed by atoms with van der Waals surface area (Å²) in [6.07, 6.45) is 0. The van der Waals surface area contributed by atoms with E-state index >= 15 is 0 Å². The van der Waals surface area contributed by atoms with Crippen molar-refractivity contribution in [2.24, 2.45) is 5.73 Å². The van der Waals surface area contributed by atoms with Gasteiger partial charge in [0.05, 0.1) is 6.07 Å². The average Bonchev–Trinajstić information content (AvgIpc) is 2.95. The van der Waals surface area contributed by atoms with Crippen LogP contribution in [0.25, 0.3) is 0 Å². The molecular weight excluding hydrogens is 297 g/mol. The molecule has 1 aromatic heterocycles. The summed E-state index contributed by atoms with van der Waals surface area (Å²) < 4.78 is 17.6. The van der Waals surface area contributed by atoms with Crippen LogP contribution in [0.2, 0.25) is 0 Å². The summed E-state index contributed by atoms with van der Waals surface area (Å²) in [5, 5.41) is 12.8. The zero-order valence-corrected chi connectivity index (χ0v) is 11.0. The SMILES string of the molecule is NC(=O)[C@@H](NC(=O)c1ccc([N+](=O)[O-])o1)c1ccc(F)cc1. The van der Waals surface area contributed by atoms with Gasteiger partial charge in [0.1, 0.15) is 16.8 Å². The number of hydrogen-bond donors (Lipinski definition) is 2. The Kier molecular flexibility index (Phi) is 4.16. The molecule has 3 N–H and O–H groups in total. The van der Waals surface area contributed by atoms with Crippen LogP contribution in [-0.2, 0) is 4.79 Å². The highest BCUT2D eigenvalue weighted by Crippen LogP contribution is 2.18. The van der Waals surface area contributed by atoms with Gasteiger partial charge in [-0.3, -0.25) is 19.7 Å². The first-order valence-electron chi connectivity index (χ1n) is 5.98. The van der Waals surface area contributed by atoms with E-state index in [0.717, 1.165) is 24.3 Å². The lowest BCUT2D eigenvalue weighted by molar-refractivity contribution is -0.402. The fourth-order valence-electron chi connectivity index (χ4n) is 1.72. The maximum absolute atomic E-state index is 12.9. The predicted octanol–water partition coefficient (Wildman–Crippen LogP) is 1.28. The van der Waals surface area contributed by atoms with Crippen molar-refractivity contribution in [3.63, 3.8) is 0 Å². The van der Waals surface area contributed by atoms with Crippen molar-refractivity contribution in [2.45, 2.75) is 6.04 Å². The van der Waals surface area contributed by atoms with E-state index in [0.29, 0.717) is 0 Å². The van der Waals surface area contributed by atoms with Crippen molar-refractivity contribution < 1.29 is 23.3 Å². The standard InChI is InChI=1S/C13H10FN3O5/c14-8-3-1-7(2-4-8)11(12(15)18)16-13(19)9-5-6-10(22-9)17(20)21/h1-6,11H,(H2,15,18)(H,16,19)/t11-/m0/s1. The first-order valence-corrected chi connectivity index (χ1v) is 5.98. The van der Waals surface area contributed by atoms with Crippen molar-refractivity contribution >= 4 is 17.7 Å². The van der Waals surface area contributed by atoms with Crippen LogP contribution in [0.1, 0.15) is 22.2 Å². The molecule has 2 rings (SSSR count). The smallest absolute Gasteiger partial charge is 0.395 e. The fraction of sp³-hybridized carbons (Fsp3) is 0.0769. The number of carbonyl (C=O) groups excluding carboxylic acids is 2. The third kappa shape index (κ3) is 3.26. The lowest BCUT2D eigenvalue weighted by Crippen LogP contribution is -2.37. The van der Waals surface area contributed by atoms with E-state index in [2.05, 4.69) is 5.32 Å². The second-order valence-corrected chi connectivity index (χ2v) is 4.26. The zero-order valence-electron chi connectivity index (χ0n) is 11.0. The van der Waals surface area contributed by atoms with Crippen molar-refractivity contribution in [1.29, 1.82) is 0 Å². The van der Waals surface area contributed by atoms with E-state index in [-0.39, 0.29) is 11.3 Å². The van der Waals surface area contributed by atoms with E-state index in [9.17, 15) is 24.1 Å². The topological polar surface area (TPSA) is 128 Å². The fourth-order valence-corrected chi connectivity index (χ4v) is 1.72.